The second-order valence-electron chi connectivity index (χ2n) is 6.64. The number of carbonyl (C=O) groups is 2. The first-order valence-corrected chi connectivity index (χ1v) is 7.98. The molecule has 0 aliphatic heterocycles. The van der Waals surface area contributed by atoms with Gasteiger partial charge in [0.05, 0.1) is 34.8 Å². The van der Waals surface area contributed by atoms with Gasteiger partial charge in [-0.25, -0.2) is 4.39 Å². The molecule has 0 fully saturated rings. The van der Waals surface area contributed by atoms with Gasteiger partial charge >= 0.3 is 5.97 Å². The van der Waals surface area contributed by atoms with E-state index in [9.17, 15) is 14.0 Å². The lowest BCUT2D eigenvalue weighted by atomic mass is 10.0. The lowest BCUT2D eigenvalue weighted by Gasteiger charge is -2.19. The predicted molar refractivity (Wildman–Crippen MR) is 91.1 cm³/mol. The van der Waals surface area contributed by atoms with Crippen molar-refractivity contribution in [2.24, 2.45) is 0 Å². The number of carboxylic acid groups (broad SMARTS) is 1. The number of aliphatic carboxylic acids is 1. The van der Waals surface area contributed by atoms with Crippen LogP contribution in [0.5, 0.6) is 0 Å². The number of nitrogens with one attached hydrogen (secondary N) is 1. The summed E-state index contributed by atoms with van der Waals surface area (Å²) in [6, 6.07) is 3.03. The van der Waals surface area contributed by atoms with Gasteiger partial charge in [0.1, 0.15) is 5.82 Å². The number of nitrogens with zero attached hydrogens (tertiary/aromatic N) is 2. The van der Waals surface area contributed by atoms with E-state index in [1.165, 1.54) is 18.3 Å². The molecule has 25 heavy (non-hydrogen) atoms. The maximum Gasteiger partial charge on any atom is 0.305 e. The van der Waals surface area contributed by atoms with Crippen molar-refractivity contribution in [1.29, 1.82) is 0 Å². The van der Waals surface area contributed by atoms with Gasteiger partial charge in [0.25, 0.3) is 5.91 Å². The molecule has 0 saturated carbocycles. The monoisotopic (exact) mass is 367 g/mol. The summed E-state index contributed by atoms with van der Waals surface area (Å²) in [6.07, 6.45) is 2.59. The maximum atomic E-state index is 13.7. The molecule has 8 heteroatoms. The van der Waals surface area contributed by atoms with Crippen LogP contribution in [0.4, 0.5) is 4.39 Å². The highest BCUT2D eigenvalue weighted by molar-refractivity contribution is 6.30. The van der Waals surface area contributed by atoms with Crippen molar-refractivity contribution in [1.82, 2.24) is 15.1 Å². The third kappa shape index (κ3) is 4.79. The number of halogens is 2. The molecular formula is C17H19ClFN3O3. The zero-order valence-corrected chi connectivity index (χ0v) is 14.8. The van der Waals surface area contributed by atoms with E-state index in [1.54, 1.807) is 10.9 Å². The SMILES string of the molecule is CC(C)(C)n1cc(C(=O)NC(CC(=O)O)c2ccc(Cl)c(F)c2)cn1. The Labute approximate surface area is 149 Å². The molecule has 1 unspecified atom stereocenters. The highest BCUT2D eigenvalue weighted by Crippen LogP contribution is 2.23. The highest BCUT2D eigenvalue weighted by Gasteiger charge is 2.22. The second kappa shape index (κ2) is 7.23. The van der Waals surface area contributed by atoms with Crippen LogP contribution < -0.4 is 5.32 Å². The largest absolute Gasteiger partial charge is 0.481 e. The number of carboxylic acids is 1. The minimum atomic E-state index is -1.12. The molecule has 0 aliphatic carbocycles. The average Bonchev–Trinajstić information content (AvgIpc) is 2.99. The molecule has 0 spiro atoms. The van der Waals surface area contributed by atoms with Gasteiger partial charge in [-0.1, -0.05) is 17.7 Å². The normalized spacial score (nSPS) is 12.7. The third-order valence-electron chi connectivity index (χ3n) is 3.56. The smallest absolute Gasteiger partial charge is 0.305 e. The molecule has 2 rings (SSSR count). The van der Waals surface area contributed by atoms with Gasteiger partial charge in [-0.2, -0.15) is 5.10 Å². The number of rotatable bonds is 5. The van der Waals surface area contributed by atoms with Crippen LogP contribution in [0.15, 0.2) is 30.6 Å². The van der Waals surface area contributed by atoms with Crippen molar-refractivity contribution in [2.75, 3.05) is 0 Å². The Kier molecular flexibility index (Phi) is 5.47. The zero-order chi connectivity index (χ0) is 18.8. The topological polar surface area (TPSA) is 84.2 Å². The van der Waals surface area contributed by atoms with E-state index in [0.29, 0.717) is 11.1 Å². The minimum absolute atomic E-state index is 0.0735. The lowest BCUT2D eigenvalue weighted by molar-refractivity contribution is -0.137. The summed E-state index contributed by atoms with van der Waals surface area (Å²) in [5.74, 6) is -2.28. The van der Waals surface area contributed by atoms with E-state index in [1.807, 2.05) is 20.8 Å². The summed E-state index contributed by atoms with van der Waals surface area (Å²) in [4.78, 5) is 23.5. The molecule has 0 aliphatic rings. The van der Waals surface area contributed by atoms with Gasteiger partial charge in [0.15, 0.2) is 0 Å². The summed E-state index contributed by atoms with van der Waals surface area (Å²) in [5, 5.41) is 15.7. The molecule has 0 saturated heterocycles. The number of carbonyl (C=O) groups excluding carboxylic acids is 1. The Hall–Kier alpha value is -2.41. The number of hydrogen-bond donors (Lipinski definition) is 2. The molecule has 2 N–H and O–H groups in total. The first-order valence-electron chi connectivity index (χ1n) is 7.60. The molecule has 1 atom stereocenters. The Morgan fingerprint density at radius 3 is 2.60 bits per heavy atom. The first kappa shape index (κ1) is 18.9. The zero-order valence-electron chi connectivity index (χ0n) is 14.1. The van der Waals surface area contributed by atoms with Gasteiger partial charge in [-0.05, 0) is 38.5 Å². The van der Waals surface area contributed by atoms with Crippen LogP contribution in [-0.4, -0.2) is 26.8 Å². The van der Waals surface area contributed by atoms with Gasteiger partial charge in [0.2, 0.25) is 0 Å². The summed E-state index contributed by atoms with van der Waals surface area (Å²) in [6.45, 7) is 5.81. The summed E-state index contributed by atoms with van der Waals surface area (Å²) >= 11 is 5.65. The molecule has 2 aromatic rings. The Bertz CT molecular complexity index is 799. The van der Waals surface area contributed by atoms with Crippen molar-refractivity contribution in [2.45, 2.75) is 38.8 Å². The van der Waals surface area contributed by atoms with E-state index in [-0.39, 0.29) is 17.0 Å². The number of amides is 1. The van der Waals surface area contributed by atoms with E-state index < -0.39 is 23.7 Å². The number of aromatic nitrogens is 2. The molecule has 6 nitrogen and oxygen atoms in total. The van der Waals surface area contributed by atoms with Crippen LogP contribution in [0.2, 0.25) is 5.02 Å². The minimum Gasteiger partial charge on any atom is -0.481 e. The van der Waals surface area contributed by atoms with Crippen LogP contribution in [-0.2, 0) is 10.3 Å². The molecule has 0 radical (unpaired) electrons. The fourth-order valence-electron chi connectivity index (χ4n) is 2.20. The van der Waals surface area contributed by atoms with Crippen LogP contribution in [0.3, 0.4) is 0 Å². The van der Waals surface area contributed by atoms with Crippen LogP contribution in [0.25, 0.3) is 0 Å². The van der Waals surface area contributed by atoms with Gasteiger partial charge < -0.3 is 10.4 Å². The molecule has 1 amide bonds. The number of benzene rings is 1. The summed E-state index contributed by atoms with van der Waals surface area (Å²) in [7, 11) is 0. The fraction of sp³-hybridized carbons (Fsp3) is 0.353. The highest BCUT2D eigenvalue weighted by atomic mass is 35.5. The average molecular weight is 368 g/mol. The van der Waals surface area contributed by atoms with Gasteiger partial charge in [0, 0.05) is 6.20 Å². The Balaban J connectivity index is 2.24. The van der Waals surface area contributed by atoms with Crippen molar-refractivity contribution in [3.8, 4) is 0 Å². The second-order valence-corrected chi connectivity index (χ2v) is 7.05. The van der Waals surface area contributed by atoms with Crippen molar-refractivity contribution in [3.63, 3.8) is 0 Å². The van der Waals surface area contributed by atoms with Crippen LogP contribution in [0.1, 0.15) is 49.2 Å². The number of hydrogen-bond acceptors (Lipinski definition) is 3. The quantitative estimate of drug-likeness (QED) is 0.848. The standard InChI is InChI=1S/C17H19ClFN3O3/c1-17(2,3)22-9-11(8-20-22)16(25)21-14(7-15(23)24)10-4-5-12(18)13(19)6-10/h4-6,8-9,14H,7H2,1-3H3,(H,21,25)(H,23,24). The molecule has 1 aromatic carbocycles. The van der Waals surface area contributed by atoms with E-state index in [2.05, 4.69) is 10.4 Å². The van der Waals surface area contributed by atoms with Crippen molar-refractivity contribution >= 4 is 23.5 Å². The van der Waals surface area contributed by atoms with E-state index in [0.717, 1.165) is 6.07 Å². The Morgan fingerprint density at radius 2 is 2.08 bits per heavy atom. The molecular weight excluding hydrogens is 349 g/mol. The fourth-order valence-corrected chi connectivity index (χ4v) is 2.32. The van der Waals surface area contributed by atoms with Crippen LogP contribution in [0, 0.1) is 5.82 Å². The summed E-state index contributed by atoms with van der Waals surface area (Å²) in [5.41, 5.74) is 0.318. The van der Waals surface area contributed by atoms with Gasteiger partial charge in [-0.3, -0.25) is 14.3 Å². The van der Waals surface area contributed by atoms with Gasteiger partial charge in [-0.15, -0.1) is 0 Å². The summed E-state index contributed by atoms with van der Waals surface area (Å²) < 4.78 is 15.3. The molecule has 0 bridgehead atoms. The van der Waals surface area contributed by atoms with Crippen LogP contribution >= 0.6 is 11.6 Å². The molecule has 1 aromatic heterocycles. The van der Waals surface area contributed by atoms with Crippen molar-refractivity contribution in [3.05, 3.63) is 52.6 Å². The first-order chi connectivity index (χ1) is 11.6. The predicted octanol–water partition coefficient (Wildman–Crippen LogP) is 3.38. The van der Waals surface area contributed by atoms with Crippen molar-refractivity contribution < 1.29 is 19.1 Å². The Morgan fingerprint density at radius 1 is 1.40 bits per heavy atom. The third-order valence-corrected chi connectivity index (χ3v) is 3.87. The molecule has 134 valence electrons. The lowest BCUT2D eigenvalue weighted by Crippen LogP contribution is -2.30. The van der Waals surface area contributed by atoms with E-state index in [4.69, 9.17) is 16.7 Å². The van der Waals surface area contributed by atoms with E-state index >= 15 is 0 Å². The maximum absolute atomic E-state index is 13.7. The molecule has 1 heterocycles.